The van der Waals surface area contributed by atoms with Crippen LogP contribution in [0.25, 0.3) is 0 Å². The summed E-state index contributed by atoms with van der Waals surface area (Å²) in [6, 6.07) is 17.5. The van der Waals surface area contributed by atoms with E-state index >= 15 is 0 Å². The molecule has 1 aliphatic rings. The molecule has 1 heterocycles. The number of thioether (sulfide) groups is 1. The molecule has 23 heavy (non-hydrogen) atoms. The van der Waals surface area contributed by atoms with Gasteiger partial charge in [0.2, 0.25) is 0 Å². The highest BCUT2D eigenvalue weighted by atomic mass is 32.2. The molecule has 3 rings (SSSR count). The molecule has 2 nitrogen and oxygen atoms in total. The predicted octanol–water partition coefficient (Wildman–Crippen LogP) is 4.22. The molecule has 1 saturated heterocycles. The normalized spacial score (nSPS) is 15.8. The lowest BCUT2D eigenvalue weighted by molar-refractivity contribution is 0.273. The number of hydrogen-bond acceptors (Lipinski definition) is 3. The van der Waals surface area contributed by atoms with Crippen molar-refractivity contribution in [1.29, 1.82) is 0 Å². The van der Waals surface area contributed by atoms with Gasteiger partial charge in [-0.25, -0.2) is 0 Å². The van der Waals surface area contributed by atoms with Crippen molar-refractivity contribution in [3.05, 3.63) is 59.7 Å². The van der Waals surface area contributed by atoms with Crippen LogP contribution in [0.3, 0.4) is 0 Å². The summed E-state index contributed by atoms with van der Waals surface area (Å²) in [6.07, 6.45) is 0. The van der Waals surface area contributed by atoms with Gasteiger partial charge >= 0.3 is 0 Å². The second-order valence-electron chi connectivity index (χ2n) is 6.26. The first-order chi connectivity index (χ1) is 11.2. The van der Waals surface area contributed by atoms with Gasteiger partial charge in [0.25, 0.3) is 0 Å². The molecule has 0 N–H and O–H groups in total. The number of rotatable bonds is 5. The van der Waals surface area contributed by atoms with Crippen molar-refractivity contribution in [2.75, 3.05) is 43.4 Å². The van der Waals surface area contributed by atoms with Crippen LogP contribution >= 0.6 is 11.8 Å². The maximum Gasteiger partial charge on any atom is 0.0369 e. The molecular weight excluding hydrogens is 300 g/mol. The molecule has 0 aromatic heterocycles. The molecular formula is C20H26N2S. The Morgan fingerprint density at radius 2 is 1.61 bits per heavy atom. The molecule has 3 heteroatoms. The van der Waals surface area contributed by atoms with E-state index in [4.69, 9.17) is 0 Å². The highest BCUT2D eigenvalue weighted by Crippen LogP contribution is 2.21. The number of piperazine rings is 1. The van der Waals surface area contributed by atoms with Gasteiger partial charge in [-0.05, 0) is 49.2 Å². The van der Waals surface area contributed by atoms with E-state index in [2.05, 4.69) is 72.2 Å². The number of benzene rings is 2. The number of hydrogen-bond donors (Lipinski definition) is 0. The summed E-state index contributed by atoms with van der Waals surface area (Å²) in [5.41, 5.74) is 4.15. The van der Waals surface area contributed by atoms with Gasteiger partial charge in [0.1, 0.15) is 0 Å². The Balaban J connectivity index is 1.44. The summed E-state index contributed by atoms with van der Waals surface area (Å²) in [4.78, 5) is 6.49. The van der Waals surface area contributed by atoms with Crippen LogP contribution in [-0.2, 0) is 0 Å². The van der Waals surface area contributed by atoms with Crippen molar-refractivity contribution in [3.63, 3.8) is 0 Å². The molecule has 0 atom stereocenters. The number of anilines is 1. The monoisotopic (exact) mass is 326 g/mol. The highest BCUT2D eigenvalue weighted by Gasteiger charge is 2.17. The minimum absolute atomic E-state index is 1.14. The average molecular weight is 327 g/mol. The minimum Gasteiger partial charge on any atom is -0.369 e. The van der Waals surface area contributed by atoms with Crippen molar-refractivity contribution in [2.45, 2.75) is 18.7 Å². The van der Waals surface area contributed by atoms with Crippen molar-refractivity contribution in [1.82, 2.24) is 4.90 Å². The average Bonchev–Trinajstić information content (AvgIpc) is 2.59. The minimum atomic E-state index is 1.14. The Labute approximate surface area is 144 Å². The Morgan fingerprint density at radius 1 is 0.870 bits per heavy atom. The molecule has 0 amide bonds. The molecule has 2 aromatic carbocycles. The summed E-state index contributed by atoms with van der Waals surface area (Å²) in [5, 5.41) is 0. The topological polar surface area (TPSA) is 6.48 Å². The van der Waals surface area contributed by atoms with Gasteiger partial charge in [-0.2, -0.15) is 0 Å². The highest BCUT2D eigenvalue weighted by molar-refractivity contribution is 7.99. The molecule has 0 aliphatic carbocycles. The third kappa shape index (κ3) is 4.52. The quantitative estimate of drug-likeness (QED) is 0.760. The zero-order valence-corrected chi connectivity index (χ0v) is 15.0. The summed E-state index contributed by atoms with van der Waals surface area (Å²) in [6.45, 7) is 10.2. The molecule has 1 fully saturated rings. The lowest BCUT2D eigenvalue weighted by Gasteiger charge is -2.36. The first kappa shape index (κ1) is 16.4. The summed E-state index contributed by atoms with van der Waals surface area (Å²) >= 11 is 1.96. The molecule has 0 spiro atoms. The SMILES string of the molecule is Cc1ccc(N2CCN(CCSc3ccccc3)CC2)cc1C. The van der Waals surface area contributed by atoms with E-state index in [0.29, 0.717) is 0 Å². The molecule has 0 saturated carbocycles. The van der Waals surface area contributed by atoms with Gasteiger partial charge in [0.15, 0.2) is 0 Å². The van der Waals surface area contributed by atoms with Crippen LogP contribution < -0.4 is 4.90 Å². The van der Waals surface area contributed by atoms with Crippen LogP contribution in [0, 0.1) is 13.8 Å². The maximum absolute atomic E-state index is 2.59. The zero-order chi connectivity index (χ0) is 16.1. The fraction of sp³-hybridized carbons (Fsp3) is 0.400. The Bertz CT molecular complexity index is 619. The second-order valence-corrected chi connectivity index (χ2v) is 7.43. The molecule has 0 unspecified atom stereocenters. The van der Waals surface area contributed by atoms with Gasteiger partial charge in [-0.1, -0.05) is 24.3 Å². The largest absolute Gasteiger partial charge is 0.369 e. The third-order valence-electron chi connectivity index (χ3n) is 4.65. The van der Waals surface area contributed by atoms with Gasteiger partial charge in [0, 0.05) is 49.1 Å². The van der Waals surface area contributed by atoms with Gasteiger partial charge in [-0.15, -0.1) is 11.8 Å². The Kier molecular flexibility index (Phi) is 5.63. The number of nitrogens with zero attached hydrogens (tertiary/aromatic N) is 2. The van der Waals surface area contributed by atoms with Crippen LogP contribution in [0.15, 0.2) is 53.4 Å². The van der Waals surface area contributed by atoms with Crippen molar-refractivity contribution >= 4 is 17.4 Å². The first-order valence-electron chi connectivity index (χ1n) is 8.45. The van der Waals surface area contributed by atoms with E-state index in [1.54, 1.807) is 0 Å². The fourth-order valence-electron chi connectivity index (χ4n) is 2.96. The fourth-order valence-corrected chi connectivity index (χ4v) is 3.90. The van der Waals surface area contributed by atoms with Gasteiger partial charge in [0.05, 0.1) is 0 Å². The van der Waals surface area contributed by atoms with E-state index in [9.17, 15) is 0 Å². The summed E-state index contributed by atoms with van der Waals surface area (Å²) < 4.78 is 0. The Morgan fingerprint density at radius 3 is 2.30 bits per heavy atom. The predicted molar refractivity (Wildman–Crippen MR) is 102 cm³/mol. The van der Waals surface area contributed by atoms with Crippen LogP contribution in [0.4, 0.5) is 5.69 Å². The smallest absolute Gasteiger partial charge is 0.0369 e. The first-order valence-corrected chi connectivity index (χ1v) is 9.43. The van der Waals surface area contributed by atoms with Gasteiger partial charge < -0.3 is 4.90 Å². The van der Waals surface area contributed by atoms with Crippen LogP contribution in [0.5, 0.6) is 0 Å². The van der Waals surface area contributed by atoms with Crippen molar-refractivity contribution in [2.24, 2.45) is 0 Å². The van der Waals surface area contributed by atoms with Crippen LogP contribution in [0.1, 0.15) is 11.1 Å². The number of aryl methyl sites for hydroxylation is 2. The zero-order valence-electron chi connectivity index (χ0n) is 14.2. The summed E-state index contributed by atoms with van der Waals surface area (Å²) in [7, 11) is 0. The van der Waals surface area contributed by atoms with Crippen molar-refractivity contribution in [3.8, 4) is 0 Å². The van der Waals surface area contributed by atoms with E-state index in [-0.39, 0.29) is 0 Å². The maximum atomic E-state index is 2.59. The van der Waals surface area contributed by atoms with Crippen molar-refractivity contribution < 1.29 is 0 Å². The molecule has 1 aliphatic heterocycles. The lowest BCUT2D eigenvalue weighted by Crippen LogP contribution is -2.47. The van der Waals surface area contributed by atoms with Gasteiger partial charge in [-0.3, -0.25) is 4.90 Å². The van der Waals surface area contributed by atoms with E-state index in [0.717, 1.165) is 13.1 Å². The van der Waals surface area contributed by atoms with Crippen LogP contribution in [0.2, 0.25) is 0 Å². The third-order valence-corrected chi connectivity index (χ3v) is 5.64. The van der Waals surface area contributed by atoms with E-state index < -0.39 is 0 Å². The Hall–Kier alpha value is -1.45. The lowest BCUT2D eigenvalue weighted by atomic mass is 10.1. The standard InChI is InChI=1S/C20H26N2S/c1-17-8-9-19(16-18(17)2)22-12-10-21(11-13-22)14-15-23-20-6-4-3-5-7-20/h3-9,16H,10-15H2,1-2H3. The van der Waals surface area contributed by atoms with E-state index in [1.165, 1.54) is 47.1 Å². The molecule has 2 aromatic rings. The van der Waals surface area contributed by atoms with E-state index in [1.807, 2.05) is 11.8 Å². The van der Waals surface area contributed by atoms with Crippen LogP contribution in [-0.4, -0.2) is 43.4 Å². The second kappa shape index (κ2) is 7.89. The molecule has 122 valence electrons. The summed E-state index contributed by atoms with van der Waals surface area (Å²) in [5.74, 6) is 1.17. The molecule has 0 bridgehead atoms. The molecule has 0 radical (unpaired) electrons.